The highest BCUT2D eigenvalue weighted by atomic mass is 35.5. The first-order chi connectivity index (χ1) is 7.38. The second-order valence-electron chi connectivity index (χ2n) is 3.36. The molecule has 0 radical (unpaired) electrons. The number of aromatic hydroxyl groups is 1. The summed E-state index contributed by atoms with van der Waals surface area (Å²) >= 11 is 0. The van der Waals surface area contributed by atoms with Gasteiger partial charge in [-0.05, 0) is 12.5 Å². The monoisotopic (exact) mass is 271 g/mol. The maximum absolute atomic E-state index is 12.4. The van der Waals surface area contributed by atoms with Crippen LogP contribution in [0.1, 0.15) is 23.6 Å². The van der Waals surface area contributed by atoms with Crippen LogP contribution in [0.5, 0.6) is 5.75 Å². The lowest BCUT2D eigenvalue weighted by molar-refractivity contribution is -0.138. The van der Waals surface area contributed by atoms with Crippen molar-refractivity contribution in [1.82, 2.24) is 0 Å². The Bertz CT molecular complexity index is 371. The highest BCUT2D eigenvalue weighted by Crippen LogP contribution is 2.39. The van der Waals surface area contributed by atoms with E-state index in [0.717, 1.165) is 6.07 Å². The van der Waals surface area contributed by atoms with Crippen LogP contribution in [0.3, 0.4) is 0 Å². The fourth-order valence-electron chi connectivity index (χ4n) is 1.38. The lowest BCUT2D eigenvalue weighted by Gasteiger charge is -2.16. The lowest BCUT2D eigenvalue weighted by Crippen LogP contribution is -2.14. The molecule has 1 rings (SSSR count). The van der Waals surface area contributed by atoms with E-state index >= 15 is 0 Å². The van der Waals surface area contributed by atoms with E-state index in [0.29, 0.717) is 0 Å². The molecule has 0 bridgehead atoms. The zero-order valence-corrected chi connectivity index (χ0v) is 9.55. The van der Waals surface area contributed by atoms with Gasteiger partial charge in [0.25, 0.3) is 0 Å². The van der Waals surface area contributed by atoms with Crippen molar-refractivity contribution in [2.45, 2.75) is 18.6 Å². The van der Waals surface area contributed by atoms with Gasteiger partial charge in [0.1, 0.15) is 5.75 Å². The highest BCUT2D eigenvalue weighted by molar-refractivity contribution is 5.85. The summed E-state index contributed by atoms with van der Waals surface area (Å²) in [4.78, 5) is 0. The zero-order chi connectivity index (χ0) is 12.3. The first-order valence-electron chi connectivity index (χ1n) is 4.63. The molecule has 0 saturated heterocycles. The number of halogens is 4. The average molecular weight is 272 g/mol. The summed E-state index contributed by atoms with van der Waals surface area (Å²) < 4.78 is 37.3. The number of nitrogens with two attached hydrogens (primary N) is 1. The second kappa shape index (κ2) is 6.09. The van der Waals surface area contributed by atoms with E-state index in [-0.39, 0.29) is 31.0 Å². The molecule has 0 saturated carbocycles. The van der Waals surface area contributed by atoms with Gasteiger partial charge >= 0.3 is 6.18 Å². The molecule has 4 N–H and O–H groups in total. The SMILES string of the molecule is Cl.NC(CCO)c1cccc(C(F)(F)F)c1O. The van der Waals surface area contributed by atoms with Crippen LogP contribution in [0, 0.1) is 0 Å². The summed E-state index contributed by atoms with van der Waals surface area (Å²) in [6, 6.07) is 2.46. The topological polar surface area (TPSA) is 66.5 Å². The first-order valence-corrected chi connectivity index (χ1v) is 4.63. The summed E-state index contributed by atoms with van der Waals surface area (Å²) in [5, 5.41) is 18.1. The summed E-state index contributed by atoms with van der Waals surface area (Å²) in [5.41, 5.74) is 4.41. The predicted molar refractivity (Wildman–Crippen MR) is 59.0 cm³/mol. The van der Waals surface area contributed by atoms with Crippen LogP contribution in [-0.4, -0.2) is 16.8 Å². The Balaban J connectivity index is 0.00000256. The number of phenols is 1. The normalized spacial score (nSPS) is 13.0. The molecule has 98 valence electrons. The third-order valence-electron chi connectivity index (χ3n) is 2.21. The number of rotatable bonds is 3. The Hall–Kier alpha value is -0.980. The van der Waals surface area contributed by atoms with Gasteiger partial charge in [0.15, 0.2) is 0 Å². The molecule has 3 nitrogen and oxygen atoms in total. The Morgan fingerprint density at radius 1 is 1.29 bits per heavy atom. The van der Waals surface area contributed by atoms with Crippen LogP contribution in [0.2, 0.25) is 0 Å². The fraction of sp³-hybridized carbons (Fsp3) is 0.400. The van der Waals surface area contributed by atoms with Crippen LogP contribution < -0.4 is 5.73 Å². The van der Waals surface area contributed by atoms with Gasteiger partial charge in [0.2, 0.25) is 0 Å². The van der Waals surface area contributed by atoms with E-state index < -0.39 is 23.5 Å². The molecule has 7 heteroatoms. The van der Waals surface area contributed by atoms with Gasteiger partial charge in [-0.25, -0.2) is 0 Å². The van der Waals surface area contributed by atoms with Gasteiger partial charge in [-0.15, -0.1) is 12.4 Å². The van der Waals surface area contributed by atoms with Crippen molar-refractivity contribution in [2.24, 2.45) is 5.73 Å². The van der Waals surface area contributed by atoms with E-state index in [4.69, 9.17) is 10.8 Å². The standard InChI is InChI=1S/C10H12F3NO2.ClH/c11-10(12,13)7-3-1-2-6(9(7)16)8(14)4-5-15;/h1-3,8,15-16H,4-5,14H2;1H. The zero-order valence-electron chi connectivity index (χ0n) is 8.74. The molecule has 0 aliphatic carbocycles. The van der Waals surface area contributed by atoms with E-state index in [9.17, 15) is 18.3 Å². The molecule has 0 heterocycles. The Labute approximate surface area is 102 Å². The molecular formula is C10H13ClF3NO2. The molecular weight excluding hydrogens is 259 g/mol. The number of aliphatic hydroxyl groups is 1. The first kappa shape index (κ1) is 16.0. The minimum Gasteiger partial charge on any atom is -0.507 e. The van der Waals surface area contributed by atoms with Gasteiger partial charge in [0, 0.05) is 18.2 Å². The molecule has 0 aliphatic rings. The van der Waals surface area contributed by atoms with Crippen LogP contribution >= 0.6 is 12.4 Å². The van der Waals surface area contributed by atoms with Gasteiger partial charge < -0.3 is 15.9 Å². The molecule has 1 aromatic rings. The van der Waals surface area contributed by atoms with Crippen LogP contribution in [0.15, 0.2) is 18.2 Å². The van der Waals surface area contributed by atoms with Crippen molar-refractivity contribution in [3.8, 4) is 5.75 Å². The summed E-state index contributed by atoms with van der Waals surface area (Å²) in [5.74, 6) is -0.865. The smallest absolute Gasteiger partial charge is 0.419 e. The van der Waals surface area contributed by atoms with Crippen molar-refractivity contribution in [3.05, 3.63) is 29.3 Å². The number of para-hydroxylation sites is 1. The number of alkyl halides is 3. The van der Waals surface area contributed by atoms with Gasteiger partial charge in [-0.1, -0.05) is 12.1 Å². The second-order valence-corrected chi connectivity index (χ2v) is 3.36. The number of aliphatic hydroxyl groups excluding tert-OH is 1. The van der Waals surface area contributed by atoms with Crippen molar-refractivity contribution < 1.29 is 23.4 Å². The lowest BCUT2D eigenvalue weighted by atomic mass is 10.0. The average Bonchev–Trinajstić information content (AvgIpc) is 2.16. The third kappa shape index (κ3) is 3.76. The highest BCUT2D eigenvalue weighted by Gasteiger charge is 2.35. The van der Waals surface area contributed by atoms with Crippen molar-refractivity contribution in [2.75, 3.05) is 6.61 Å². The van der Waals surface area contributed by atoms with Gasteiger partial charge in [-0.3, -0.25) is 0 Å². The Kier molecular flexibility index (Phi) is 5.74. The molecule has 1 aromatic carbocycles. The summed E-state index contributed by atoms with van der Waals surface area (Å²) in [7, 11) is 0. The summed E-state index contributed by atoms with van der Waals surface area (Å²) in [6.07, 6.45) is -4.52. The van der Waals surface area contributed by atoms with Gasteiger partial charge in [-0.2, -0.15) is 13.2 Å². The Morgan fingerprint density at radius 2 is 1.88 bits per heavy atom. The number of phenolic OH excluding ortho intramolecular Hbond substituents is 1. The number of hydrogen-bond acceptors (Lipinski definition) is 3. The van der Waals surface area contributed by atoms with Crippen molar-refractivity contribution in [1.29, 1.82) is 0 Å². The predicted octanol–water partition coefficient (Wildman–Crippen LogP) is 2.22. The minimum absolute atomic E-state index is 0. The minimum atomic E-state index is -4.61. The largest absolute Gasteiger partial charge is 0.507 e. The molecule has 17 heavy (non-hydrogen) atoms. The summed E-state index contributed by atoms with van der Waals surface area (Å²) in [6.45, 7) is -0.253. The van der Waals surface area contributed by atoms with Crippen LogP contribution in [-0.2, 0) is 6.18 Å². The number of benzene rings is 1. The molecule has 1 unspecified atom stereocenters. The third-order valence-corrected chi connectivity index (χ3v) is 2.21. The number of hydrogen-bond donors (Lipinski definition) is 3. The van der Waals surface area contributed by atoms with Crippen LogP contribution in [0.4, 0.5) is 13.2 Å². The molecule has 0 fully saturated rings. The van der Waals surface area contributed by atoms with E-state index in [1.165, 1.54) is 12.1 Å². The molecule has 0 aromatic heterocycles. The van der Waals surface area contributed by atoms with E-state index in [1.807, 2.05) is 0 Å². The van der Waals surface area contributed by atoms with Crippen molar-refractivity contribution in [3.63, 3.8) is 0 Å². The van der Waals surface area contributed by atoms with Gasteiger partial charge in [0.05, 0.1) is 5.56 Å². The molecule has 0 spiro atoms. The quantitative estimate of drug-likeness (QED) is 0.790. The van der Waals surface area contributed by atoms with Crippen molar-refractivity contribution >= 4 is 12.4 Å². The Morgan fingerprint density at radius 3 is 2.35 bits per heavy atom. The molecule has 0 amide bonds. The fourth-order valence-corrected chi connectivity index (χ4v) is 1.38. The van der Waals surface area contributed by atoms with E-state index in [1.54, 1.807) is 0 Å². The van der Waals surface area contributed by atoms with E-state index in [2.05, 4.69) is 0 Å². The molecule has 0 aliphatic heterocycles. The van der Waals surface area contributed by atoms with Crippen LogP contribution in [0.25, 0.3) is 0 Å². The maximum Gasteiger partial charge on any atom is 0.419 e. The maximum atomic E-state index is 12.4. The molecule has 1 atom stereocenters.